The molecule has 1 saturated heterocycles. The van der Waals surface area contributed by atoms with Crippen LogP contribution in [0.3, 0.4) is 0 Å². The van der Waals surface area contributed by atoms with Crippen molar-refractivity contribution in [3.63, 3.8) is 0 Å². The Labute approximate surface area is 155 Å². The molecule has 25 heavy (non-hydrogen) atoms. The number of nitrogens with zero attached hydrogens (tertiary/aromatic N) is 3. The van der Waals surface area contributed by atoms with Gasteiger partial charge in [0.1, 0.15) is 4.83 Å². The summed E-state index contributed by atoms with van der Waals surface area (Å²) in [7, 11) is 4.18. The van der Waals surface area contributed by atoms with Crippen LogP contribution in [-0.4, -0.2) is 59.4 Å². The first kappa shape index (κ1) is 18.4. The number of hydrogen-bond acceptors (Lipinski definition) is 5. The van der Waals surface area contributed by atoms with Crippen LogP contribution >= 0.6 is 22.9 Å². The first-order valence-corrected chi connectivity index (χ1v) is 9.72. The van der Waals surface area contributed by atoms with Gasteiger partial charge in [0.2, 0.25) is 5.91 Å². The Morgan fingerprint density at radius 2 is 2.16 bits per heavy atom. The van der Waals surface area contributed by atoms with Crippen molar-refractivity contribution >= 4 is 39.2 Å². The fourth-order valence-corrected chi connectivity index (χ4v) is 4.20. The van der Waals surface area contributed by atoms with E-state index in [1.807, 2.05) is 4.90 Å². The second-order valence-electron chi connectivity index (χ2n) is 6.87. The van der Waals surface area contributed by atoms with Crippen molar-refractivity contribution in [2.75, 3.05) is 33.7 Å². The molecule has 6 nitrogen and oxygen atoms in total. The van der Waals surface area contributed by atoms with E-state index in [0.717, 1.165) is 43.8 Å². The number of halogens is 1. The Morgan fingerprint density at radius 1 is 1.44 bits per heavy atom. The summed E-state index contributed by atoms with van der Waals surface area (Å²) in [5.74, 6) is 0.753. The lowest BCUT2D eigenvalue weighted by Gasteiger charge is -2.32. The quantitative estimate of drug-likeness (QED) is 0.861. The zero-order valence-corrected chi connectivity index (χ0v) is 16.1. The van der Waals surface area contributed by atoms with E-state index in [9.17, 15) is 9.59 Å². The third-order valence-corrected chi connectivity index (χ3v) is 5.91. The summed E-state index contributed by atoms with van der Waals surface area (Å²) in [6.07, 6.45) is 5.00. The number of piperidine rings is 1. The zero-order valence-electron chi connectivity index (χ0n) is 14.5. The molecule has 136 valence electrons. The molecule has 0 atom stereocenters. The van der Waals surface area contributed by atoms with Crippen LogP contribution in [0.4, 0.5) is 0 Å². The van der Waals surface area contributed by atoms with Gasteiger partial charge in [0, 0.05) is 24.8 Å². The van der Waals surface area contributed by atoms with Crippen molar-refractivity contribution in [2.24, 2.45) is 5.92 Å². The maximum atomic E-state index is 12.7. The van der Waals surface area contributed by atoms with Crippen molar-refractivity contribution < 1.29 is 4.79 Å². The second kappa shape index (κ2) is 7.85. The number of pyridine rings is 1. The largest absolute Gasteiger partial charge is 0.342 e. The highest BCUT2D eigenvalue weighted by atomic mass is 35.5. The Bertz CT molecular complexity index is 809. The number of hydrogen-bond donors (Lipinski definition) is 1. The van der Waals surface area contributed by atoms with Crippen molar-refractivity contribution in [3.8, 4) is 0 Å². The average Bonchev–Trinajstić information content (AvgIpc) is 2.96. The monoisotopic (exact) mass is 382 g/mol. The van der Waals surface area contributed by atoms with Gasteiger partial charge in [-0.05, 0) is 45.8 Å². The number of fused-ring (bicyclic) bond motifs is 1. The smallest absolute Gasteiger partial charge is 0.307 e. The van der Waals surface area contributed by atoms with E-state index < -0.39 is 0 Å². The lowest BCUT2D eigenvalue weighted by Crippen LogP contribution is -2.39. The number of amides is 1. The summed E-state index contributed by atoms with van der Waals surface area (Å²) in [5, 5.41) is 0.427. The van der Waals surface area contributed by atoms with E-state index in [1.54, 1.807) is 0 Å². The summed E-state index contributed by atoms with van der Waals surface area (Å²) in [5.41, 5.74) is 1.27. The van der Waals surface area contributed by atoms with E-state index in [4.69, 9.17) is 11.6 Å². The molecule has 3 rings (SSSR count). The molecule has 0 unspecified atom stereocenters. The van der Waals surface area contributed by atoms with Crippen LogP contribution in [-0.2, 0) is 11.2 Å². The van der Waals surface area contributed by atoms with Crippen LogP contribution in [0.1, 0.15) is 24.8 Å². The molecule has 8 heteroatoms. The lowest BCUT2D eigenvalue weighted by molar-refractivity contribution is -0.131. The highest BCUT2D eigenvalue weighted by molar-refractivity contribution is 7.15. The van der Waals surface area contributed by atoms with Gasteiger partial charge < -0.3 is 14.8 Å². The topological polar surface area (TPSA) is 69.3 Å². The molecule has 0 saturated carbocycles. The molecular weight excluding hydrogens is 360 g/mol. The fraction of sp³-hybridized carbons (Fsp3) is 0.588. The maximum absolute atomic E-state index is 12.7. The number of rotatable bonds is 5. The van der Waals surface area contributed by atoms with Crippen LogP contribution in [0.15, 0.2) is 11.0 Å². The second-order valence-corrected chi connectivity index (χ2v) is 8.24. The third-order valence-electron chi connectivity index (χ3n) is 4.80. The Hall–Kier alpha value is -1.44. The molecule has 0 bridgehead atoms. The van der Waals surface area contributed by atoms with Crippen molar-refractivity contribution in [3.05, 3.63) is 26.5 Å². The SMILES string of the molecule is CN(C)CCC1CCN(C(=O)Cc2c(Cl)cnc3sc(=O)[nH]c23)CC1. The van der Waals surface area contributed by atoms with Crippen molar-refractivity contribution in [1.29, 1.82) is 0 Å². The third kappa shape index (κ3) is 4.40. The number of aromatic amines is 1. The standard InChI is InChI=1S/C17H23ClN4O2S/c1-21(2)6-3-11-4-7-22(8-5-11)14(23)9-12-13(18)10-19-16-15(12)20-17(24)25-16/h10-11H,3-9H2,1-2H3,(H,20,24). The molecule has 1 aliphatic rings. The molecule has 0 radical (unpaired) electrons. The number of thiazole rings is 1. The van der Waals surface area contributed by atoms with E-state index >= 15 is 0 Å². The minimum Gasteiger partial charge on any atom is -0.342 e. The van der Waals surface area contributed by atoms with E-state index in [2.05, 4.69) is 29.0 Å². The van der Waals surface area contributed by atoms with Crippen LogP contribution < -0.4 is 4.87 Å². The molecule has 0 spiro atoms. The fourth-order valence-electron chi connectivity index (χ4n) is 3.28. The van der Waals surface area contributed by atoms with Crippen molar-refractivity contribution in [1.82, 2.24) is 19.8 Å². The zero-order chi connectivity index (χ0) is 18.0. The first-order chi connectivity index (χ1) is 11.9. The van der Waals surface area contributed by atoms with E-state index in [1.165, 1.54) is 12.6 Å². The normalized spacial score (nSPS) is 16.1. The number of carbonyl (C=O) groups is 1. The molecule has 1 aliphatic heterocycles. The highest BCUT2D eigenvalue weighted by Crippen LogP contribution is 2.26. The number of H-pyrrole nitrogens is 1. The van der Waals surface area contributed by atoms with Gasteiger partial charge in [-0.15, -0.1) is 0 Å². The van der Waals surface area contributed by atoms with Crippen molar-refractivity contribution in [2.45, 2.75) is 25.7 Å². The van der Waals surface area contributed by atoms with Gasteiger partial charge >= 0.3 is 4.87 Å². The molecule has 1 fully saturated rings. The van der Waals surface area contributed by atoms with E-state index in [-0.39, 0.29) is 17.2 Å². The van der Waals surface area contributed by atoms with Crippen LogP contribution in [0.25, 0.3) is 10.3 Å². The number of nitrogens with one attached hydrogen (secondary N) is 1. The molecule has 0 aliphatic carbocycles. The molecule has 2 aromatic rings. The Morgan fingerprint density at radius 3 is 2.84 bits per heavy atom. The molecule has 1 amide bonds. The summed E-state index contributed by atoms with van der Waals surface area (Å²) in [4.78, 5) is 35.7. The summed E-state index contributed by atoms with van der Waals surface area (Å²) < 4.78 is 0. The average molecular weight is 383 g/mol. The predicted octanol–water partition coefficient (Wildman–Crippen LogP) is 2.37. The molecule has 0 aromatic carbocycles. The molecule has 3 heterocycles. The maximum Gasteiger partial charge on any atom is 0.307 e. The Balaban J connectivity index is 1.64. The van der Waals surface area contributed by atoms with Crippen LogP contribution in [0, 0.1) is 5.92 Å². The Kier molecular flexibility index (Phi) is 5.76. The van der Waals surface area contributed by atoms with Gasteiger partial charge in [0.25, 0.3) is 0 Å². The van der Waals surface area contributed by atoms with Gasteiger partial charge in [-0.2, -0.15) is 0 Å². The van der Waals surface area contributed by atoms with Gasteiger partial charge in [0.05, 0.1) is 17.0 Å². The lowest BCUT2D eigenvalue weighted by atomic mass is 9.93. The number of aromatic nitrogens is 2. The highest BCUT2D eigenvalue weighted by Gasteiger charge is 2.24. The minimum atomic E-state index is -0.180. The number of likely N-dealkylation sites (tertiary alicyclic amines) is 1. The molecule has 2 aromatic heterocycles. The number of carbonyl (C=O) groups excluding carboxylic acids is 1. The summed E-state index contributed by atoms with van der Waals surface area (Å²) in [6.45, 7) is 2.68. The first-order valence-electron chi connectivity index (χ1n) is 8.52. The predicted molar refractivity (Wildman–Crippen MR) is 101 cm³/mol. The molecule has 1 N–H and O–H groups in total. The molecular formula is C17H23ClN4O2S. The van der Waals surface area contributed by atoms with Gasteiger partial charge in [-0.1, -0.05) is 22.9 Å². The van der Waals surface area contributed by atoms with Crippen LogP contribution in [0.5, 0.6) is 0 Å². The van der Waals surface area contributed by atoms with Gasteiger partial charge in [-0.3, -0.25) is 9.59 Å². The van der Waals surface area contributed by atoms with E-state index in [0.29, 0.717) is 26.9 Å². The summed E-state index contributed by atoms with van der Waals surface area (Å²) >= 11 is 7.27. The minimum absolute atomic E-state index is 0.0625. The van der Waals surface area contributed by atoms with Crippen LogP contribution in [0.2, 0.25) is 5.02 Å². The summed E-state index contributed by atoms with van der Waals surface area (Å²) in [6, 6.07) is 0. The van der Waals surface area contributed by atoms with Gasteiger partial charge in [0.15, 0.2) is 0 Å². The van der Waals surface area contributed by atoms with Gasteiger partial charge in [-0.25, -0.2) is 4.98 Å².